The zero-order valence-corrected chi connectivity index (χ0v) is 15.9. The van der Waals surface area contributed by atoms with Crippen molar-refractivity contribution >= 4 is 50.9 Å². The largest absolute Gasteiger partial charge is 0.333 e. The highest BCUT2D eigenvalue weighted by molar-refractivity contribution is 14.1. The number of benzene rings is 1. The van der Waals surface area contributed by atoms with Gasteiger partial charge in [0.2, 0.25) is 5.91 Å². The summed E-state index contributed by atoms with van der Waals surface area (Å²) in [5, 5.41) is 3.58. The Labute approximate surface area is 157 Å². The van der Waals surface area contributed by atoms with Crippen LogP contribution < -0.4 is 5.32 Å². The van der Waals surface area contributed by atoms with E-state index >= 15 is 0 Å². The van der Waals surface area contributed by atoms with Crippen LogP contribution in [-0.4, -0.2) is 28.2 Å². The number of carbonyl (C=O) groups excluding carboxylic acids is 2. The molecule has 124 valence electrons. The molecule has 1 aliphatic heterocycles. The number of aromatic nitrogens is 1. The molecule has 1 aromatic heterocycles. The van der Waals surface area contributed by atoms with Gasteiger partial charge in [0.1, 0.15) is 0 Å². The van der Waals surface area contributed by atoms with Crippen LogP contribution >= 0.6 is 33.9 Å². The predicted octanol–water partition coefficient (Wildman–Crippen LogP) is 3.29. The molecule has 1 aromatic carbocycles. The summed E-state index contributed by atoms with van der Waals surface area (Å²) in [7, 11) is 0. The minimum atomic E-state index is 0.0580. The highest BCUT2D eigenvalue weighted by Gasteiger charge is 2.31. The van der Waals surface area contributed by atoms with Crippen LogP contribution in [0.2, 0.25) is 0 Å². The quantitative estimate of drug-likeness (QED) is 0.726. The topological polar surface area (TPSA) is 62.3 Å². The molecule has 4 rings (SSSR count). The minimum absolute atomic E-state index is 0.0580. The molecule has 1 fully saturated rings. The highest BCUT2D eigenvalue weighted by Crippen LogP contribution is 2.33. The van der Waals surface area contributed by atoms with Crippen molar-refractivity contribution in [2.24, 2.45) is 5.92 Å². The molecule has 2 aromatic rings. The summed E-state index contributed by atoms with van der Waals surface area (Å²) >= 11 is 3.69. The number of amides is 2. The van der Waals surface area contributed by atoms with Gasteiger partial charge >= 0.3 is 0 Å². The van der Waals surface area contributed by atoms with Crippen molar-refractivity contribution in [2.75, 3.05) is 11.9 Å². The summed E-state index contributed by atoms with van der Waals surface area (Å²) in [5.41, 5.74) is 1.76. The smallest absolute Gasteiger partial charge is 0.255 e. The Bertz CT molecular complexity index is 816. The third-order valence-corrected chi connectivity index (χ3v) is 6.24. The normalized spacial score (nSPS) is 16.6. The Morgan fingerprint density at radius 3 is 2.83 bits per heavy atom. The highest BCUT2D eigenvalue weighted by atomic mass is 127. The van der Waals surface area contributed by atoms with Gasteiger partial charge in [0.15, 0.2) is 5.13 Å². The van der Waals surface area contributed by atoms with E-state index in [4.69, 9.17) is 0 Å². The van der Waals surface area contributed by atoms with E-state index in [0.29, 0.717) is 18.2 Å². The fourth-order valence-electron chi connectivity index (χ4n) is 2.78. The van der Waals surface area contributed by atoms with Gasteiger partial charge in [-0.05, 0) is 47.6 Å². The van der Waals surface area contributed by atoms with E-state index in [1.165, 1.54) is 11.3 Å². The van der Waals surface area contributed by atoms with Gasteiger partial charge in [0.25, 0.3) is 5.91 Å². The van der Waals surface area contributed by atoms with Crippen LogP contribution in [-0.2, 0) is 17.8 Å². The van der Waals surface area contributed by atoms with Crippen molar-refractivity contribution in [3.63, 3.8) is 0 Å². The Morgan fingerprint density at radius 1 is 1.29 bits per heavy atom. The number of hydrogen-bond acceptors (Lipinski definition) is 4. The van der Waals surface area contributed by atoms with Gasteiger partial charge in [-0.2, -0.15) is 0 Å². The molecule has 1 aliphatic carbocycles. The minimum Gasteiger partial charge on any atom is -0.333 e. The number of carbonyl (C=O) groups is 2. The van der Waals surface area contributed by atoms with Crippen molar-refractivity contribution in [2.45, 2.75) is 25.8 Å². The predicted molar refractivity (Wildman–Crippen MR) is 101 cm³/mol. The van der Waals surface area contributed by atoms with Gasteiger partial charge in [-0.25, -0.2) is 4.98 Å². The first-order valence-corrected chi connectivity index (χ1v) is 9.84. The van der Waals surface area contributed by atoms with Gasteiger partial charge in [0.05, 0.1) is 17.8 Å². The van der Waals surface area contributed by atoms with Gasteiger partial charge in [-0.3, -0.25) is 9.59 Å². The zero-order chi connectivity index (χ0) is 16.7. The fraction of sp³-hybridized carbons (Fsp3) is 0.353. The van der Waals surface area contributed by atoms with Crippen LogP contribution in [0.4, 0.5) is 5.13 Å². The molecule has 24 heavy (non-hydrogen) atoms. The van der Waals surface area contributed by atoms with Crippen molar-refractivity contribution in [3.8, 4) is 0 Å². The van der Waals surface area contributed by atoms with Crippen LogP contribution in [0.1, 0.15) is 33.8 Å². The third-order valence-electron chi connectivity index (χ3n) is 4.30. The number of rotatable bonds is 3. The average molecular weight is 453 g/mol. The first-order chi connectivity index (χ1) is 11.6. The number of nitrogens with one attached hydrogen (secondary N) is 1. The van der Waals surface area contributed by atoms with Crippen molar-refractivity contribution in [1.82, 2.24) is 9.88 Å². The van der Waals surface area contributed by atoms with Crippen molar-refractivity contribution in [1.29, 1.82) is 0 Å². The summed E-state index contributed by atoms with van der Waals surface area (Å²) in [4.78, 5) is 32.1. The molecule has 2 aliphatic rings. The molecule has 0 saturated heterocycles. The Balaban J connectivity index is 1.49. The fourth-order valence-corrected chi connectivity index (χ4v) is 4.43. The molecule has 1 N–H and O–H groups in total. The zero-order valence-electron chi connectivity index (χ0n) is 12.9. The Hall–Kier alpha value is -1.48. The summed E-state index contributed by atoms with van der Waals surface area (Å²) < 4.78 is 0.965. The first-order valence-electron chi connectivity index (χ1n) is 7.95. The summed E-state index contributed by atoms with van der Waals surface area (Å²) in [6, 6.07) is 7.64. The summed E-state index contributed by atoms with van der Waals surface area (Å²) in [6.07, 6.45) is 2.70. The van der Waals surface area contributed by atoms with Crippen LogP contribution in [0.15, 0.2) is 24.3 Å². The lowest BCUT2D eigenvalue weighted by atomic mass is 10.1. The number of hydrogen-bond donors (Lipinski definition) is 1. The van der Waals surface area contributed by atoms with Crippen LogP contribution in [0.5, 0.6) is 0 Å². The van der Waals surface area contributed by atoms with Gasteiger partial charge in [0, 0.05) is 27.3 Å². The Kier molecular flexibility index (Phi) is 4.29. The molecule has 0 bridgehead atoms. The van der Waals surface area contributed by atoms with Crippen LogP contribution in [0.25, 0.3) is 0 Å². The Morgan fingerprint density at radius 2 is 2.08 bits per heavy atom. The molecule has 0 atom stereocenters. The first kappa shape index (κ1) is 16.0. The number of fused-ring (bicyclic) bond motifs is 1. The monoisotopic (exact) mass is 453 g/mol. The van der Waals surface area contributed by atoms with Crippen molar-refractivity contribution < 1.29 is 9.59 Å². The van der Waals surface area contributed by atoms with E-state index in [1.807, 2.05) is 29.2 Å². The molecular weight excluding hydrogens is 437 g/mol. The number of thiazole rings is 1. The maximum Gasteiger partial charge on any atom is 0.255 e. The number of halogens is 1. The van der Waals surface area contributed by atoms with E-state index in [2.05, 4.69) is 32.9 Å². The lowest BCUT2D eigenvalue weighted by Gasteiger charge is -2.26. The second-order valence-electron chi connectivity index (χ2n) is 6.11. The molecule has 2 heterocycles. The molecular formula is C17H16IN3O2S. The molecule has 1 saturated carbocycles. The van der Waals surface area contributed by atoms with Crippen molar-refractivity contribution in [3.05, 3.63) is 44.0 Å². The van der Waals surface area contributed by atoms with Crippen LogP contribution in [0, 0.1) is 9.49 Å². The van der Waals surface area contributed by atoms with E-state index < -0.39 is 0 Å². The third kappa shape index (κ3) is 3.19. The van der Waals surface area contributed by atoms with E-state index in [-0.39, 0.29) is 17.7 Å². The molecule has 5 nitrogen and oxygen atoms in total. The molecule has 7 heteroatoms. The summed E-state index contributed by atoms with van der Waals surface area (Å²) in [5.74, 6) is 0.305. The average Bonchev–Trinajstić information content (AvgIpc) is 3.35. The lowest BCUT2D eigenvalue weighted by Crippen LogP contribution is -2.35. The standard InChI is InChI=1S/C17H16IN3O2S/c18-12-4-2-1-3-11(12)16(23)21-8-7-13-14(9-21)24-17(19-13)20-15(22)10-5-6-10/h1-4,10H,5-9H2,(H,19,20,22). The maximum atomic E-state index is 12.7. The number of nitrogens with zero attached hydrogens (tertiary/aromatic N) is 2. The van der Waals surface area contributed by atoms with Gasteiger partial charge in [-0.15, -0.1) is 0 Å². The summed E-state index contributed by atoms with van der Waals surface area (Å²) in [6.45, 7) is 1.23. The SMILES string of the molecule is O=C(Nc1nc2c(s1)CN(C(=O)c1ccccc1I)CC2)C1CC1. The van der Waals surface area contributed by atoms with E-state index in [0.717, 1.165) is 39.0 Å². The second-order valence-corrected chi connectivity index (χ2v) is 8.35. The maximum absolute atomic E-state index is 12.7. The molecule has 0 radical (unpaired) electrons. The molecule has 2 amide bonds. The molecule has 0 spiro atoms. The second kappa shape index (κ2) is 6.44. The van der Waals surface area contributed by atoms with E-state index in [1.54, 1.807) is 0 Å². The molecule has 0 unspecified atom stereocenters. The van der Waals surface area contributed by atoms with Crippen LogP contribution in [0.3, 0.4) is 0 Å². The van der Waals surface area contributed by atoms with Gasteiger partial charge in [-0.1, -0.05) is 23.5 Å². The number of anilines is 1. The van der Waals surface area contributed by atoms with Gasteiger partial charge < -0.3 is 10.2 Å². The lowest BCUT2D eigenvalue weighted by molar-refractivity contribution is -0.117. The van der Waals surface area contributed by atoms with E-state index in [9.17, 15) is 9.59 Å².